The van der Waals surface area contributed by atoms with E-state index in [4.69, 9.17) is 9.47 Å². The number of benzene rings is 1. The van der Waals surface area contributed by atoms with Gasteiger partial charge in [-0.25, -0.2) is 4.98 Å². The summed E-state index contributed by atoms with van der Waals surface area (Å²) in [5, 5.41) is 13.5. The lowest BCUT2D eigenvalue weighted by molar-refractivity contribution is 0.0203. The predicted octanol–water partition coefficient (Wildman–Crippen LogP) is 1.97. The zero-order valence-corrected chi connectivity index (χ0v) is 16.5. The van der Waals surface area contributed by atoms with Crippen LogP contribution in [-0.2, 0) is 16.0 Å². The van der Waals surface area contributed by atoms with Crippen LogP contribution >= 0.6 is 0 Å². The molecule has 2 heterocycles. The number of guanidine groups is 1. The SMILES string of the molecule is CN=C(NCCCOCC1CCOCC1)NCc1cccc(-c2ncn[nH]2)c1. The Kier molecular flexibility index (Phi) is 8.26. The first kappa shape index (κ1) is 20.3. The van der Waals surface area contributed by atoms with Gasteiger partial charge in [0.2, 0.25) is 0 Å². The molecule has 3 rings (SSSR count). The highest BCUT2D eigenvalue weighted by atomic mass is 16.5. The average Bonchev–Trinajstić information content (AvgIpc) is 3.29. The van der Waals surface area contributed by atoms with Crippen molar-refractivity contribution in [2.75, 3.05) is 40.0 Å². The summed E-state index contributed by atoms with van der Waals surface area (Å²) >= 11 is 0. The van der Waals surface area contributed by atoms with Crippen LogP contribution in [-0.4, -0.2) is 61.2 Å². The largest absolute Gasteiger partial charge is 0.381 e. The van der Waals surface area contributed by atoms with Crippen LogP contribution in [0.1, 0.15) is 24.8 Å². The highest BCUT2D eigenvalue weighted by molar-refractivity contribution is 5.79. The predicted molar refractivity (Wildman–Crippen MR) is 109 cm³/mol. The maximum Gasteiger partial charge on any atom is 0.191 e. The number of H-pyrrole nitrogens is 1. The minimum Gasteiger partial charge on any atom is -0.381 e. The molecule has 2 aromatic rings. The second kappa shape index (κ2) is 11.4. The van der Waals surface area contributed by atoms with Gasteiger partial charge in [-0.05, 0) is 36.8 Å². The van der Waals surface area contributed by atoms with Gasteiger partial charge in [0.05, 0.1) is 0 Å². The molecule has 1 saturated heterocycles. The highest BCUT2D eigenvalue weighted by Crippen LogP contribution is 2.15. The molecule has 8 nitrogen and oxygen atoms in total. The van der Waals surface area contributed by atoms with Crippen LogP contribution in [0.2, 0.25) is 0 Å². The molecular formula is C20H30N6O2. The summed E-state index contributed by atoms with van der Waals surface area (Å²) in [6, 6.07) is 8.19. The number of nitrogens with zero attached hydrogens (tertiary/aromatic N) is 3. The number of hydrogen-bond donors (Lipinski definition) is 3. The van der Waals surface area contributed by atoms with Crippen molar-refractivity contribution in [2.24, 2.45) is 10.9 Å². The van der Waals surface area contributed by atoms with Crippen LogP contribution < -0.4 is 10.6 Å². The first-order valence-corrected chi connectivity index (χ1v) is 9.90. The smallest absolute Gasteiger partial charge is 0.191 e. The summed E-state index contributed by atoms with van der Waals surface area (Å²) in [4.78, 5) is 8.47. The lowest BCUT2D eigenvalue weighted by atomic mass is 10.0. The van der Waals surface area contributed by atoms with Gasteiger partial charge in [0.25, 0.3) is 0 Å². The van der Waals surface area contributed by atoms with E-state index in [0.29, 0.717) is 12.5 Å². The number of aromatic nitrogens is 3. The zero-order chi connectivity index (χ0) is 19.4. The summed E-state index contributed by atoms with van der Waals surface area (Å²) in [5.74, 6) is 2.21. The molecule has 0 spiro atoms. The summed E-state index contributed by atoms with van der Waals surface area (Å²) in [6.45, 7) is 4.86. The van der Waals surface area contributed by atoms with E-state index in [1.165, 1.54) is 6.33 Å². The standard InChI is InChI=1S/C20H30N6O2/c1-21-20(22-8-3-9-28-14-16-6-10-27-11-7-16)23-13-17-4-2-5-18(12-17)19-24-15-25-26-19/h2,4-5,12,15-16H,3,6-11,13-14H2,1H3,(H2,21,22,23)(H,24,25,26). The molecule has 8 heteroatoms. The molecule has 1 aliphatic rings. The number of ether oxygens (including phenoxy) is 2. The van der Waals surface area contributed by atoms with Gasteiger partial charge in [0, 0.05) is 52.1 Å². The summed E-state index contributed by atoms with van der Waals surface area (Å²) in [5.41, 5.74) is 2.16. The van der Waals surface area contributed by atoms with Crippen molar-refractivity contribution in [2.45, 2.75) is 25.8 Å². The van der Waals surface area contributed by atoms with Crippen molar-refractivity contribution in [1.82, 2.24) is 25.8 Å². The quantitative estimate of drug-likeness (QED) is 0.346. The van der Waals surface area contributed by atoms with Gasteiger partial charge in [-0.1, -0.05) is 18.2 Å². The maximum absolute atomic E-state index is 5.80. The van der Waals surface area contributed by atoms with Crippen LogP contribution in [0.25, 0.3) is 11.4 Å². The Bertz CT molecular complexity index is 713. The van der Waals surface area contributed by atoms with E-state index >= 15 is 0 Å². The number of hydrogen-bond acceptors (Lipinski definition) is 5. The van der Waals surface area contributed by atoms with Crippen LogP contribution in [0.5, 0.6) is 0 Å². The summed E-state index contributed by atoms with van der Waals surface area (Å²) in [6.07, 6.45) is 4.70. The Balaban J connectivity index is 1.32. The molecule has 1 fully saturated rings. The van der Waals surface area contributed by atoms with Crippen molar-refractivity contribution >= 4 is 5.96 Å². The van der Waals surface area contributed by atoms with Gasteiger partial charge in [0.1, 0.15) is 6.33 Å². The molecule has 0 saturated carbocycles. The van der Waals surface area contributed by atoms with Crippen LogP contribution in [0.3, 0.4) is 0 Å². The third-order valence-electron chi connectivity index (χ3n) is 4.75. The Morgan fingerprint density at radius 1 is 1.32 bits per heavy atom. The minimum absolute atomic E-state index is 0.656. The normalized spacial score (nSPS) is 15.5. The zero-order valence-electron chi connectivity index (χ0n) is 16.5. The third-order valence-corrected chi connectivity index (χ3v) is 4.75. The number of aliphatic imine (C=N–C) groups is 1. The van der Waals surface area contributed by atoms with E-state index in [9.17, 15) is 0 Å². The molecule has 0 amide bonds. The fourth-order valence-corrected chi connectivity index (χ4v) is 3.12. The summed E-state index contributed by atoms with van der Waals surface area (Å²) < 4.78 is 11.2. The van der Waals surface area contributed by atoms with Gasteiger partial charge in [-0.2, -0.15) is 5.10 Å². The lowest BCUT2D eigenvalue weighted by Gasteiger charge is -2.21. The van der Waals surface area contributed by atoms with Crippen LogP contribution in [0.4, 0.5) is 0 Å². The fraction of sp³-hybridized carbons (Fsp3) is 0.550. The molecule has 0 bridgehead atoms. The molecular weight excluding hydrogens is 356 g/mol. The Hall–Kier alpha value is -2.45. The van der Waals surface area contributed by atoms with E-state index in [-0.39, 0.29) is 0 Å². The van der Waals surface area contributed by atoms with E-state index < -0.39 is 0 Å². The van der Waals surface area contributed by atoms with Crippen molar-refractivity contribution in [3.63, 3.8) is 0 Å². The molecule has 0 radical (unpaired) electrons. The second-order valence-electron chi connectivity index (χ2n) is 6.87. The molecule has 3 N–H and O–H groups in total. The Morgan fingerprint density at radius 3 is 3.00 bits per heavy atom. The van der Waals surface area contributed by atoms with Crippen molar-refractivity contribution < 1.29 is 9.47 Å². The van der Waals surface area contributed by atoms with Gasteiger partial charge in [-0.15, -0.1) is 0 Å². The molecule has 0 atom stereocenters. The molecule has 0 aliphatic carbocycles. The van der Waals surface area contributed by atoms with Gasteiger partial charge in [-0.3, -0.25) is 10.1 Å². The van der Waals surface area contributed by atoms with E-state index in [1.54, 1.807) is 7.05 Å². The Morgan fingerprint density at radius 2 is 2.21 bits per heavy atom. The first-order chi connectivity index (χ1) is 13.8. The summed E-state index contributed by atoms with van der Waals surface area (Å²) in [7, 11) is 1.78. The van der Waals surface area contributed by atoms with Crippen LogP contribution in [0.15, 0.2) is 35.6 Å². The number of aromatic amines is 1. The van der Waals surface area contributed by atoms with Gasteiger partial charge in [0.15, 0.2) is 11.8 Å². The molecule has 0 unspecified atom stereocenters. The molecule has 1 aliphatic heterocycles. The van der Waals surface area contributed by atoms with Gasteiger partial charge >= 0.3 is 0 Å². The van der Waals surface area contributed by atoms with Crippen molar-refractivity contribution in [1.29, 1.82) is 0 Å². The van der Waals surface area contributed by atoms with Crippen LogP contribution in [0, 0.1) is 5.92 Å². The maximum atomic E-state index is 5.80. The van der Waals surface area contributed by atoms with Crippen molar-refractivity contribution in [3.8, 4) is 11.4 Å². The fourth-order valence-electron chi connectivity index (χ4n) is 3.12. The number of rotatable bonds is 9. The average molecular weight is 386 g/mol. The molecule has 1 aromatic carbocycles. The topological polar surface area (TPSA) is 96.5 Å². The Labute approximate surface area is 166 Å². The third kappa shape index (κ3) is 6.61. The molecule has 28 heavy (non-hydrogen) atoms. The van der Waals surface area contributed by atoms with E-state index in [1.807, 2.05) is 12.1 Å². The minimum atomic E-state index is 0.656. The number of nitrogens with one attached hydrogen (secondary N) is 3. The van der Waals surface area contributed by atoms with E-state index in [0.717, 1.165) is 75.1 Å². The second-order valence-corrected chi connectivity index (χ2v) is 6.87. The highest BCUT2D eigenvalue weighted by Gasteiger charge is 2.13. The van der Waals surface area contributed by atoms with E-state index in [2.05, 4.69) is 42.9 Å². The molecule has 1 aromatic heterocycles. The van der Waals surface area contributed by atoms with Crippen molar-refractivity contribution in [3.05, 3.63) is 36.2 Å². The van der Waals surface area contributed by atoms with Gasteiger partial charge < -0.3 is 20.1 Å². The first-order valence-electron chi connectivity index (χ1n) is 9.90. The lowest BCUT2D eigenvalue weighted by Crippen LogP contribution is -2.37. The molecule has 152 valence electrons. The monoisotopic (exact) mass is 386 g/mol.